The van der Waals surface area contributed by atoms with Crippen LogP contribution in [0.25, 0.3) is 22.4 Å². The summed E-state index contributed by atoms with van der Waals surface area (Å²) in [6.45, 7) is 1.96. The van der Waals surface area contributed by atoms with E-state index in [0.717, 1.165) is 11.1 Å². The molecule has 0 aliphatic carbocycles. The number of halogens is 2. The van der Waals surface area contributed by atoms with Crippen LogP contribution in [0.2, 0.25) is 5.02 Å². The second-order valence-corrected chi connectivity index (χ2v) is 5.14. The number of nitrogens with two attached hydrogens (primary N) is 1. The predicted octanol–water partition coefficient (Wildman–Crippen LogP) is 4.69. The van der Waals surface area contributed by atoms with Gasteiger partial charge < -0.3 is 10.3 Å². The zero-order valence-corrected chi connectivity index (χ0v) is 12.0. The van der Waals surface area contributed by atoms with Gasteiger partial charge >= 0.3 is 0 Å². The van der Waals surface area contributed by atoms with E-state index in [1.54, 1.807) is 6.07 Å². The highest BCUT2D eigenvalue weighted by molar-refractivity contribution is 6.33. The van der Waals surface area contributed by atoms with Crippen LogP contribution in [0.1, 0.15) is 5.56 Å². The summed E-state index contributed by atoms with van der Waals surface area (Å²) in [5.74, 6) is -0.426. The van der Waals surface area contributed by atoms with Crippen molar-refractivity contribution >= 4 is 17.5 Å². The molecule has 3 aromatic rings. The van der Waals surface area contributed by atoms with Crippen molar-refractivity contribution in [1.82, 2.24) is 5.16 Å². The maximum absolute atomic E-state index is 14.2. The molecule has 3 nitrogen and oxygen atoms in total. The molecule has 0 unspecified atom stereocenters. The molecule has 2 N–H and O–H groups in total. The normalized spacial score (nSPS) is 10.8. The third-order valence-electron chi connectivity index (χ3n) is 3.22. The maximum Gasteiger partial charge on any atom is 0.230 e. The number of benzene rings is 2. The first-order valence-electron chi connectivity index (χ1n) is 6.34. The Morgan fingerprint density at radius 2 is 1.90 bits per heavy atom. The molecule has 1 heterocycles. The highest BCUT2D eigenvalue weighted by Gasteiger charge is 2.22. The smallest absolute Gasteiger partial charge is 0.230 e. The fraction of sp³-hybridized carbons (Fsp3) is 0.0625. The highest BCUT2D eigenvalue weighted by atomic mass is 35.5. The third-order valence-corrected chi connectivity index (χ3v) is 3.54. The molecule has 2 aromatic carbocycles. The summed E-state index contributed by atoms with van der Waals surface area (Å²) in [7, 11) is 0. The van der Waals surface area contributed by atoms with Gasteiger partial charge in [-0.15, -0.1) is 0 Å². The molecule has 0 bridgehead atoms. The van der Waals surface area contributed by atoms with E-state index in [2.05, 4.69) is 5.16 Å². The monoisotopic (exact) mass is 302 g/mol. The minimum atomic E-state index is -0.466. The van der Waals surface area contributed by atoms with E-state index in [0.29, 0.717) is 11.3 Å². The molecule has 21 heavy (non-hydrogen) atoms. The number of hydrogen-bond donors (Lipinski definition) is 1. The largest absolute Gasteiger partial charge is 0.367 e. The number of hydrogen-bond acceptors (Lipinski definition) is 3. The van der Waals surface area contributed by atoms with E-state index in [-0.39, 0.29) is 16.5 Å². The molecule has 0 aliphatic rings. The Hall–Kier alpha value is -2.33. The second-order valence-electron chi connectivity index (χ2n) is 4.74. The van der Waals surface area contributed by atoms with Crippen molar-refractivity contribution in [2.45, 2.75) is 6.92 Å². The van der Waals surface area contributed by atoms with Crippen molar-refractivity contribution < 1.29 is 8.91 Å². The molecule has 0 spiro atoms. The number of rotatable bonds is 2. The Morgan fingerprint density at radius 1 is 1.14 bits per heavy atom. The van der Waals surface area contributed by atoms with Crippen molar-refractivity contribution in [2.24, 2.45) is 0 Å². The van der Waals surface area contributed by atoms with Crippen molar-refractivity contribution in [3.05, 3.63) is 58.9 Å². The molecule has 0 saturated heterocycles. The predicted molar refractivity (Wildman–Crippen MR) is 81.5 cm³/mol. The molecular weight excluding hydrogens is 291 g/mol. The molecular formula is C16H12ClFN2O. The number of nitrogen functional groups attached to an aromatic ring is 1. The third kappa shape index (κ3) is 2.38. The summed E-state index contributed by atoms with van der Waals surface area (Å²) < 4.78 is 19.2. The lowest BCUT2D eigenvalue weighted by molar-refractivity contribution is 0.439. The summed E-state index contributed by atoms with van der Waals surface area (Å²) in [6.07, 6.45) is 0. The summed E-state index contributed by atoms with van der Waals surface area (Å²) >= 11 is 6.12. The highest BCUT2D eigenvalue weighted by Crippen LogP contribution is 2.41. The molecule has 106 valence electrons. The molecule has 0 saturated carbocycles. The molecule has 0 atom stereocenters. The lowest BCUT2D eigenvalue weighted by atomic mass is 9.99. The van der Waals surface area contributed by atoms with Gasteiger partial charge in [-0.1, -0.05) is 46.6 Å². The van der Waals surface area contributed by atoms with Crippen LogP contribution in [-0.4, -0.2) is 5.16 Å². The van der Waals surface area contributed by atoms with E-state index < -0.39 is 5.82 Å². The first-order chi connectivity index (χ1) is 10.1. The minimum Gasteiger partial charge on any atom is -0.367 e. The lowest BCUT2D eigenvalue weighted by Crippen LogP contribution is -1.92. The quantitative estimate of drug-likeness (QED) is 0.747. The van der Waals surface area contributed by atoms with Gasteiger partial charge in [-0.3, -0.25) is 0 Å². The van der Waals surface area contributed by atoms with E-state index in [4.69, 9.17) is 21.9 Å². The van der Waals surface area contributed by atoms with Crippen LogP contribution in [0.3, 0.4) is 0 Å². The van der Waals surface area contributed by atoms with E-state index >= 15 is 0 Å². The summed E-state index contributed by atoms with van der Waals surface area (Å²) in [4.78, 5) is 0. The van der Waals surface area contributed by atoms with Crippen LogP contribution in [0.5, 0.6) is 0 Å². The average Bonchev–Trinajstić information content (AvgIpc) is 2.81. The molecule has 3 rings (SSSR count). The van der Waals surface area contributed by atoms with Gasteiger partial charge in [0.15, 0.2) is 0 Å². The lowest BCUT2D eigenvalue weighted by Gasteiger charge is -2.07. The maximum atomic E-state index is 14.2. The van der Waals surface area contributed by atoms with E-state index in [1.807, 2.05) is 31.2 Å². The Kier molecular flexibility index (Phi) is 3.39. The molecule has 0 aliphatic heterocycles. The van der Waals surface area contributed by atoms with Crippen molar-refractivity contribution in [2.75, 3.05) is 5.73 Å². The fourth-order valence-electron chi connectivity index (χ4n) is 2.27. The number of aromatic nitrogens is 1. The summed E-state index contributed by atoms with van der Waals surface area (Å²) in [5.41, 5.74) is 8.74. The van der Waals surface area contributed by atoms with Crippen LogP contribution in [0, 0.1) is 12.7 Å². The Bertz CT molecular complexity index is 794. The van der Waals surface area contributed by atoms with Gasteiger partial charge in [0.1, 0.15) is 11.5 Å². The fourth-order valence-corrected chi connectivity index (χ4v) is 2.53. The number of anilines is 1. The van der Waals surface area contributed by atoms with Crippen molar-refractivity contribution in [3.63, 3.8) is 0 Å². The van der Waals surface area contributed by atoms with E-state index in [1.165, 1.54) is 12.1 Å². The summed E-state index contributed by atoms with van der Waals surface area (Å²) in [5, 5.41) is 4.22. The average molecular weight is 303 g/mol. The number of aryl methyl sites for hydroxylation is 1. The summed E-state index contributed by atoms with van der Waals surface area (Å²) in [6, 6.07) is 12.1. The minimum absolute atomic E-state index is 0.0403. The van der Waals surface area contributed by atoms with Crippen LogP contribution >= 0.6 is 11.6 Å². The molecule has 0 fully saturated rings. The van der Waals surface area contributed by atoms with E-state index in [9.17, 15) is 4.39 Å². The number of nitrogens with zero attached hydrogens (tertiary/aromatic N) is 1. The van der Waals surface area contributed by atoms with Crippen molar-refractivity contribution in [1.29, 1.82) is 0 Å². The van der Waals surface area contributed by atoms with Crippen molar-refractivity contribution in [3.8, 4) is 22.4 Å². The molecule has 1 aromatic heterocycles. The van der Waals surface area contributed by atoms with Gasteiger partial charge in [-0.25, -0.2) is 4.39 Å². The van der Waals surface area contributed by atoms with Crippen LogP contribution < -0.4 is 5.73 Å². The van der Waals surface area contributed by atoms with Crippen LogP contribution in [-0.2, 0) is 0 Å². The molecule has 0 amide bonds. The zero-order chi connectivity index (χ0) is 15.0. The van der Waals surface area contributed by atoms with Gasteiger partial charge in [-0.2, -0.15) is 0 Å². The zero-order valence-electron chi connectivity index (χ0n) is 11.2. The standard InChI is InChI=1S/C16H12ClFN2O/c1-9-4-2-5-10(8-9)15-14(16(19)21-20-15)13-11(17)6-3-7-12(13)18/h2-8H,19H2,1H3. The van der Waals surface area contributed by atoms with Gasteiger partial charge in [0.2, 0.25) is 5.88 Å². The molecule has 0 radical (unpaired) electrons. The molecule has 5 heteroatoms. The Morgan fingerprint density at radius 3 is 2.62 bits per heavy atom. The first-order valence-corrected chi connectivity index (χ1v) is 6.72. The first kappa shape index (κ1) is 13.6. The van der Waals surface area contributed by atoms with Gasteiger partial charge in [-0.05, 0) is 25.1 Å². The van der Waals surface area contributed by atoms with Crippen LogP contribution in [0.4, 0.5) is 10.3 Å². The Labute approximate surface area is 126 Å². The SMILES string of the molecule is Cc1cccc(-c2noc(N)c2-c2c(F)cccc2Cl)c1. The Balaban J connectivity index is 2.28. The van der Waals surface area contributed by atoms with Crippen LogP contribution in [0.15, 0.2) is 47.0 Å². The van der Waals surface area contributed by atoms with Gasteiger partial charge in [0.25, 0.3) is 0 Å². The van der Waals surface area contributed by atoms with Gasteiger partial charge in [0, 0.05) is 11.1 Å². The topological polar surface area (TPSA) is 52.0 Å². The second kappa shape index (κ2) is 5.22. The van der Waals surface area contributed by atoms with Gasteiger partial charge in [0.05, 0.1) is 10.6 Å².